The predicted octanol–water partition coefficient (Wildman–Crippen LogP) is 5.37. The molecule has 4 aromatic rings. The van der Waals surface area contributed by atoms with Crippen molar-refractivity contribution in [3.63, 3.8) is 0 Å². The summed E-state index contributed by atoms with van der Waals surface area (Å²) in [5.41, 5.74) is 3.56. The summed E-state index contributed by atoms with van der Waals surface area (Å²) < 4.78 is 7.54. The van der Waals surface area contributed by atoms with Crippen LogP contribution in [0.15, 0.2) is 84.0 Å². The van der Waals surface area contributed by atoms with Gasteiger partial charge in [0.1, 0.15) is 5.75 Å². The smallest absolute Gasteiger partial charge is 0.237 e. The summed E-state index contributed by atoms with van der Waals surface area (Å²) in [7, 11) is 1.64. The molecule has 0 saturated carbocycles. The maximum atomic E-state index is 12.9. The number of para-hydroxylation sites is 3. The SMILES string of the molecule is COc1ccccc1-n1c(S[C@H](C)C(=O)Nc2ccccc2C)nnc1-c1ccccc1. The van der Waals surface area contributed by atoms with Crippen molar-refractivity contribution in [2.24, 2.45) is 0 Å². The lowest BCUT2D eigenvalue weighted by Crippen LogP contribution is -2.23. The van der Waals surface area contributed by atoms with Gasteiger partial charge in [0.15, 0.2) is 11.0 Å². The van der Waals surface area contributed by atoms with Gasteiger partial charge in [0.25, 0.3) is 0 Å². The van der Waals surface area contributed by atoms with E-state index < -0.39 is 5.25 Å². The first-order valence-electron chi connectivity index (χ1n) is 10.3. The number of aryl methyl sites for hydroxylation is 1. The molecule has 162 valence electrons. The number of aromatic nitrogens is 3. The van der Waals surface area contributed by atoms with Gasteiger partial charge in [-0.1, -0.05) is 72.4 Å². The fourth-order valence-electron chi connectivity index (χ4n) is 3.31. The highest BCUT2D eigenvalue weighted by molar-refractivity contribution is 8.00. The van der Waals surface area contributed by atoms with E-state index in [1.807, 2.05) is 97.3 Å². The second-order valence-corrected chi connectivity index (χ2v) is 8.55. The number of thioether (sulfide) groups is 1. The summed E-state index contributed by atoms with van der Waals surface area (Å²) in [5, 5.41) is 12.1. The number of carbonyl (C=O) groups is 1. The van der Waals surface area contributed by atoms with E-state index >= 15 is 0 Å². The third-order valence-electron chi connectivity index (χ3n) is 5.05. The number of methoxy groups -OCH3 is 1. The molecule has 1 N–H and O–H groups in total. The molecule has 0 radical (unpaired) electrons. The van der Waals surface area contributed by atoms with Crippen LogP contribution in [-0.4, -0.2) is 33.0 Å². The highest BCUT2D eigenvalue weighted by atomic mass is 32.2. The molecule has 0 unspecified atom stereocenters. The molecule has 0 fully saturated rings. The zero-order chi connectivity index (χ0) is 22.5. The average molecular weight is 445 g/mol. The van der Waals surface area contributed by atoms with Crippen LogP contribution in [0.1, 0.15) is 12.5 Å². The summed E-state index contributed by atoms with van der Waals surface area (Å²) in [6, 6.07) is 25.3. The molecular weight excluding hydrogens is 420 g/mol. The van der Waals surface area contributed by atoms with Gasteiger partial charge in [0, 0.05) is 11.3 Å². The fourth-order valence-corrected chi connectivity index (χ4v) is 4.17. The van der Waals surface area contributed by atoms with Gasteiger partial charge in [-0.25, -0.2) is 0 Å². The topological polar surface area (TPSA) is 69.0 Å². The first-order chi connectivity index (χ1) is 15.6. The van der Waals surface area contributed by atoms with Crippen molar-refractivity contribution >= 4 is 23.4 Å². The van der Waals surface area contributed by atoms with Crippen LogP contribution in [0.3, 0.4) is 0 Å². The third-order valence-corrected chi connectivity index (χ3v) is 6.09. The molecule has 0 bridgehead atoms. The van der Waals surface area contributed by atoms with Gasteiger partial charge in [-0.3, -0.25) is 9.36 Å². The minimum Gasteiger partial charge on any atom is -0.495 e. The van der Waals surface area contributed by atoms with Crippen molar-refractivity contribution in [2.75, 3.05) is 12.4 Å². The van der Waals surface area contributed by atoms with Crippen molar-refractivity contribution in [1.82, 2.24) is 14.8 Å². The predicted molar refractivity (Wildman–Crippen MR) is 128 cm³/mol. The molecule has 6 nitrogen and oxygen atoms in total. The Labute approximate surface area is 191 Å². The Hall–Kier alpha value is -3.58. The molecule has 0 spiro atoms. The number of rotatable bonds is 7. The molecule has 3 aromatic carbocycles. The van der Waals surface area contributed by atoms with Gasteiger partial charge in [-0.2, -0.15) is 0 Å². The molecule has 1 heterocycles. The number of amides is 1. The van der Waals surface area contributed by atoms with Gasteiger partial charge in [-0.15, -0.1) is 10.2 Å². The molecular formula is C25H24N4O2S. The van der Waals surface area contributed by atoms with Gasteiger partial charge >= 0.3 is 0 Å². The van der Waals surface area contributed by atoms with E-state index in [1.54, 1.807) is 7.11 Å². The van der Waals surface area contributed by atoms with Crippen LogP contribution in [-0.2, 0) is 4.79 Å². The monoisotopic (exact) mass is 444 g/mol. The molecule has 4 rings (SSSR count). The van der Waals surface area contributed by atoms with E-state index in [-0.39, 0.29) is 5.91 Å². The highest BCUT2D eigenvalue weighted by Gasteiger charge is 2.23. The van der Waals surface area contributed by atoms with E-state index in [0.29, 0.717) is 16.7 Å². The zero-order valence-corrected chi connectivity index (χ0v) is 19.0. The summed E-state index contributed by atoms with van der Waals surface area (Å²) in [6.07, 6.45) is 0. The van der Waals surface area contributed by atoms with Gasteiger partial charge < -0.3 is 10.1 Å². The van der Waals surface area contributed by atoms with Crippen LogP contribution in [0.5, 0.6) is 5.75 Å². The Morgan fingerprint density at radius 3 is 2.41 bits per heavy atom. The number of benzene rings is 3. The van der Waals surface area contributed by atoms with Gasteiger partial charge in [0.2, 0.25) is 5.91 Å². The van der Waals surface area contributed by atoms with Crippen LogP contribution >= 0.6 is 11.8 Å². The normalized spacial score (nSPS) is 11.7. The van der Waals surface area contributed by atoms with E-state index in [9.17, 15) is 4.79 Å². The summed E-state index contributed by atoms with van der Waals surface area (Å²) in [4.78, 5) is 12.9. The second kappa shape index (κ2) is 9.70. The standard InChI is InChI=1S/C25H24N4O2S/c1-17-11-7-8-14-20(17)26-24(30)18(2)32-25-28-27-23(19-12-5-4-6-13-19)29(25)21-15-9-10-16-22(21)31-3/h4-16,18H,1-3H3,(H,26,30)/t18-/m1/s1. The first-order valence-corrected chi connectivity index (χ1v) is 11.1. The Morgan fingerprint density at radius 1 is 0.969 bits per heavy atom. The molecule has 32 heavy (non-hydrogen) atoms. The van der Waals surface area contributed by atoms with Crippen molar-refractivity contribution < 1.29 is 9.53 Å². The first kappa shape index (κ1) is 21.6. The zero-order valence-electron chi connectivity index (χ0n) is 18.1. The third kappa shape index (κ3) is 4.53. The number of nitrogens with zero attached hydrogens (tertiary/aromatic N) is 3. The number of nitrogens with one attached hydrogen (secondary N) is 1. The number of hydrogen-bond donors (Lipinski definition) is 1. The quantitative estimate of drug-likeness (QED) is 0.388. The molecule has 7 heteroatoms. The van der Waals surface area contributed by atoms with Crippen LogP contribution in [0.25, 0.3) is 17.1 Å². The van der Waals surface area contributed by atoms with Crippen molar-refractivity contribution in [3.8, 4) is 22.8 Å². The lowest BCUT2D eigenvalue weighted by atomic mass is 10.2. The molecule has 0 aliphatic heterocycles. The van der Waals surface area contributed by atoms with Crippen molar-refractivity contribution in [3.05, 3.63) is 84.4 Å². The van der Waals surface area contributed by atoms with Crippen LogP contribution < -0.4 is 10.1 Å². The number of anilines is 1. The summed E-state index contributed by atoms with van der Waals surface area (Å²) in [5.74, 6) is 1.28. The molecule has 0 aliphatic carbocycles. The molecule has 1 amide bonds. The lowest BCUT2D eigenvalue weighted by Gasteiger charge is -2.16. The maximum Gasteiger partial charge on any atom is 0.237 e. The van der Waals surface area contributed by atoms with Crippen LogP contribution in [0.4, 0.5) is 5.69 Å². The Balaban J connectivity index is 1.69. The summed E-state index contributed by atoms with van der Waals surface area (Å²) >= 11 is 1.35. The molecule has 1 aromatic heterocycles. The van der Waals surface area contributed by atoms with Crippen molar-refractivity contribution in [1.29, 1.82) is 0 Å². The second-order valence-electron chi connectivity index (χ2n) is 7.24. The van der Waals surface area contributed by atoms with Gasteiger partial charge in [-0.05, 0) is 37.6 Å². The van der Waals surface area contributed by atoms with E-state index in [2.05, 4.69) is 15.5 Å². The molecule has 0 saturated heterocycles. The van der Waals surface area contributed by atoms with E-state index in [4.69, 9.17) is 4.74 Å². The average Bonchev–Trinajstić information content (AvgIpc) is 3.24. The summed E-state index contributed by atoms with van der Waals surface area (Å²) in [6.45, 7) is 3.83. The minimum atomic E-state index is -0.393. The van der Waals surface area contributed by atoms with E-state index in [1.165, 1.54) is 11.8 Å². The highest BCUT2D eigenvalue weighted by Crippen LogP contribution is 2.34. The van der Waals surface area contributed by atoms with Crippen molar-refractivity contribution in [2.45, 2.75) is 24.3 Å². The van der Waals surface area contributed by atoms with Crippen LogP contribution in [0.2, 0.25) is 0 Å². The largest absolute Gasteiger partial charge is 0.495 e. The Kier molecular flexibility index (Phi) is 6.56. The van der Waals surface area contributed by atoms with Gasteiger partial charge in [0.05, 0.1) is 18.0 Å². The fraction of sp³-hybridized carbons (Fsp3) is 0.160. The van der Waals surface area contributed by atoms with E-state index in [0.717, 1.165) is 22.5 Å². The minimum absolute atomic E-state index is 0.0971. The molecule has 0 aliphatic rings. The number of hydrogen-bond acceptors (Lipinski definition) is 5. The lowest BCUT2D eigenvalue weighted by molar-refractivity contribution is -0.115. The number of carbonyl (C=O) groups excluding carboxylic acids is 1. The van der Waals surface area contributed by atoms with Crippen LogP contribution in [0, 0.1) is 6.92 Å². The Bertz CT molecular complexity index is 1220. The Morgan fingerprint density at radius 2 is 1.66 bits per heavy atom. The maximum absolute atomic E-state index is 12.9. The molecule has 1 atom stereocenters. The number of ether oxygens (including phenoxy) is 1.